The van der Waals surface area contributed by atoms with Crippen molar-refractivity contribution >= 4 is 46.3 Å². The van der Waals surface area contributed by atoms with Gasteiger partial charge in [-0.05, 0) is 54.8 Å². The lowest BCUT2D eigenvalue weighted by Crippen LogP contribution is -2.31. The molecule has 116 valence electrons. The van der Waals surface area contributed by atoms with E-state index in [0.717, 1.165) is 16.0 Å². The van der Waals surface area contributed by atoms with Crippen molar-refractivity contribution in [3.05, 3.63) is 69.2 Å². The Labute approximate surface area is 144 Å². The molecule has 0 bridgehead atoms. The van der Waals surface area contributed by atoms with E-state index in [1.807, 2.05) is 19.9 Å². The van der Waals surface area contributed by atoms with E-state index in [2.05, 4.69) is 0 Å². The smallest absolute Gasteiger partial charge is 0.268 e. The van der Waals surface area contributed by atoms with Gasteiger partial charge < -0.3 is 0 Å². The van der Waals surface area contributed by atoms with Gasteiger partial charge in [-0.15, -0.1) is 0 Å². The SMILES string of the molecule is Cc1ccc(N2C(=O)C(Cl)=C(c3ccc(Cl)cc3)C2=O)cc1C. The summed E-state index contributed by atoms with van der Waals surface area (Å²) in [5, 5.41) is 0.476. The van der Waals surface area contributed by atoms with E-state index in [1.54, 1.807) is 36.4 Å². The number of amides is 2. The minimum Gasteiger partial charge on any atom is -0.268 e. The standard InChI is InChI=1S/C18H13Cl2NO2/c1-10-3-8-14(9-11(10)2)21-17(22)15(16(20)18(21)23)12-4-6-13(19)7-5-12/h3-9H,1-2H3. The second-order valence-corrected chi connectivity index (χ2v) is 6.22. The van der Waals surface area contributed by atoms with Crippen LogP contribution in [0.2, 0.25) is 5.02 Å². The molecule has 0 spiro atoms. The van der Waals surface area contributed by atoms with Gasteiger partial charge >= 0.3 is 0 Å². The number of anilines is 1. The van der Waals surface area contributed by atoms with Crippen LogP contribution in [0.4, 0.5) is 5.69 Å². The van der Waals surface area contributed by atoms with Crippen molar-refractivity contribution in [2.24, 2.45) is 0 Å². The lowest BCUT2D eigenvalue weighted by molar-refractivity contribution is -0.119. The molecule has 1 aliphatic heterocycles. The molecule has 3 nitrogen and oxygen atoms in total. The van der Waals surface area contributed by atoms with Crippen LogP contribution in [0.1, 0.15) is 16.7 Å². The molecule has 2 aromatic rings. The summed E-state index contributed by atoms with van der Waals surface area (Å²) in [6.07, 6.45) is 0. The predicted octanol–water partition coefficient (Wildman–Crippen LogP) is 4.48. The molecule has 0 atom stereocenters. The number of hydrogen-bond acceptors (Lipinski definition) is 2. The monoisotopic (exact) mass is 345 g/mol. The van der Waals surface area contributed by atoms with E-state index in [4.69, 9.17) is 23.2 Å². The Bertz CT molecular complexity index is 854. The van der Waals surface area contributed by atoms with Gasteiger partial charge in [-0.3, -0.25) is 9.59 Å². The number of carbonyl (C=O) groups is 2. The molecule has 0 N–H and O–H groups in total. The summed E-state index contributed by atoms with van der Waals surface area (Å²) in [5.74, 6) is -0.935. The second-order valence-electron chi connectivity index (χ2n) is 5.41. The first-order chi connectivity index (χ1) is 10.9. The van der Waals surface area contributed by atoms with Crippen LogP contribution in [-0.2, 0) is 9.59 Å². The summed E-state index contributed by atoms with van der Waals surface area (Å²) in [6, 6.07) is 12.1. The molecule has 2 aromatic carbocycles. The molecule has 0 fully saturated rings. The molecule has 23 heavy (non-hydrogen) atoms. The molecule has 5 heteroatoms. The quantitative estimate of drug-likeness (QED) is 0.752. The molecule has 0 unspecified atom stereocenters. The fourth-order valence-corrected chi connectivity index (χ4v) is 2.87. The highest BCUT2D eigenvalue weighted by molar-refractivity contribution is 6.60. The zero-order valence-corrected chi connectivity index (χ0v) is 14.1. The third kappa shape index (κ3) is 2.67. The summed E-state index contributed by atoms with van der Waals surface area (Å²) in [6.45, 7) is 3.90. The first kappa shape index (κ1) is 15.8. The van der Waals surface area contributed by atoms with Crippen molar-refractivity contribution < 1.29 is 9.59 Å². The van der Waals surface area contributed by atoms with E-state index in [-0.39, 0.29) is 10.6 Å². The fourth-order valence-electron chi connectivity index (χ4n) is 2.47. The van der Waals surface area contributed by atoms with E-state index in [1.165, 1.54) is 0 Å². The van der Waals surface area contributed by atoms with Gasteiger partial charge in [-0.1, -0.05) is 41.4 Å². The van der Waals surface area contributed by atoms with Gasteiger partial charge in [0.05, 0.1) is 11.3 Å². The van der Waals surface area contributed by atoms with Crippen molar-refractivity contribution in [2.45, 2.75) is 13.8 Å². The second kappa shape index (κ2) is 5.84. The van der Waals surface area contributed by atoms with Gasteiger partial charge in [0.15, 0.2) is 0 Å². The lowest BCUT2D eigenvalue weighted by atomic mass is 10.1. The van der Waals surface area contributed by atoms with E-state index in [9.17, 15) is 9.59 Å². The highest BCUT2D eigenvalue weighted by Gasteiger charge is 2.39. The number of carbonyl (C=O) groups excluding carboxylic acids is 2. The molecular formula is C18H13Cl2NO2. The Hall–Kier alpha value is -2.10. The van der Waals surface area contributed by atoms with Crippen LogP contribution >= 0.6 is 23.2 Å². The summed E-state index contributed by atoms with van der Waals surface area (Å²) in [5.41, 5.74) is 3.38. The summed E-state index contributed by atoms with van der Waals surface area (Å²) in [7, 11) is 0. The largest absolute Gasteiger partial charge is 0.277 e. The summed E-state index contributed by atoms with van der Waals surface area (Å²) in [4.78, 5) is 26.3. The Morgan fingerprint density at radius 3 is 2.09 bits per heavy atom. The fraction of sp³-hybridized carbons (Fsp3) is 0.111. The van der Waals surface area contributed by atoms with Gasteiger partial charge in [0, 0.05) is 5.02 Å². The van der Waals surface area contributed by atoms with Crippen LogP contribution in [0.15, 0.2) is 47.5 Å². The van der Waals surface area contributed by atoms with Crippen LogP contribution in [0.5, 0.6) is 0 Å². The zero-order valence-electron chi connectivity index (χ0n) is 12.6. The maximum absolute atomic E-state index is 12.7. The van der Waals surface area contributed by atoms with Crippen molar-refractivity contribution in [3.63, 3.8) is 0 Å². The summed E-state index contributed by atoms with van der Waals surface area (Å²) < 4.78 is 0. The van der Waals surface area contributed by atoms with Crippen LogP contribution in [0.3, 0.4) is 0 Å². The van der Waals surface area contributed by atoms with Crippen molar-refractivity contribution in [2.75, 3.05) is 4.90 Å². The number of benzene rings is 2. The Morgan fingerprint density at radius 1 is 0.826 bits per heavy atom. The van der Waals surface area contributed by atoms with Gasteiger partial charge in [0.25, 0.3) is 11.8 Å². The average Bonchev–Trinajstić information content (AvgIpc) is 2.74. The van der Waals surface area contributed by atoms with Gasteiger partial charge in [0.2, 0.25) is 0 Å². The molecule has 0 aliphatic carbocycles. The predicted molar refractivity (Wildman–Crippen MR) is 92.6 cm³/mol. The third-order valence-electron chi connectivity index (χ3n) is 3.91. The Kier molecular flexibility index (Phi) is 4.00. The molecule has 2 amide bonds. The molecule has 0 saturated heterocycles. The first-order valence-corrected chi connectivity index (χ1v) is 7.77. The molecule has 0 radical (unpaired) electrons. The minimum absolute atomic E-state index is 0.0736. The molecular weight excluding hydrogens is 333 g/mol. The number of aryl methyl sites for hydroxylation is 2. The minimum atomic E-state index is -0.509. The topological polar surface area (TPSA) is 37.4 Å². The number of imide groups is 1. The van der Waals surface area contributed by atoms with Crippen LogP contribution in [0.25, 0.3) is 5.57 Å². The number of hydrogen-bond donors (Lipinski definition) is 0. The molecule has 1 heterocycles. The normalized spacial score (nSPS) is 14.9. The Morgan fingerprint density at radius 2 is 1.48 bits per heavy atom. The lowest BCUT2D eigenvalue weighted by Gasteiger charge is -2.16. The van der Waals surface area contributed by atoms with Crippen molar-refractivity contribution in [1.82, 2.24) is 0 Å². The maximum atomic E-state index is 12.7. The molecule has 3 rings (SSSR count). The summed E-state index contributed by atoms with van der Waals surface area (Å²) >= 11 is 12.0. The Balaban J connectivity index is 2.05. The van der Waals surface area contributed by atoms with Gasteiger partial charge in [0.1, 0.15) is 5.03 Å². The number of rotatable bonds is 2. The number of nitrogens with zero attached hydrogens (tertiary/aromatic N) is 1. The molecule has 1 aliphatic rings. The first-order valence-electron chi connectivity index (χ1n) is 7.02. The molecule has 0 saturated carbocycles. The number of halogens is 2. The van der Waals surface area contributed by atoms with E-state index < -0.39 is 11.8 Å². The maximum Gasteiger partial charge on any atom is 0.277 e. The highest BCUT2D eigenvalue weighted by atomic mass is 35.5. The van der Waals surface area contributed by atoms with Crippen molar-refractivity contribution in [1.29, 1.82) is 0 Å². The van der Waals surface area contributed by atoms with Crippen LogP contribution in [-0.4, -0.2) is 11.8 Å². The van der Waals surface area contributed by atoms with Crippen LogP contribution < -0.4 is 4.90 Å². The van der Waals surface area contributed by atoms with Gasteiger partial charge in [-0.25, -0.2) is 4.90 Å². The third-order valence-corrected chi connectivity index (χ3v) is 4.51. The van der Waals surface area contributed by atoms with E-state index >= 15 is 0 Å². The van der Waals surface area contributed by atoms with E-state index in [0.29, 0.717) is 16.3 Å². The average molecular weight is 346 g/mol. The van der Waals surface area contributed by atoms with Gasteiger partial charge in [-0.2, -0.15) is 0 Å². The molecule has 0 aromatic heterocycles. The van der Waals surface area contributed by atoms with Crippen LogP contribution in [0, 0.1) is 13.8 Å². The van der Waals surface area contributed by atoms with Crippen molar-refractivity contribution in [3.8, 4) is 0 Å². The zero-order chi connectivity index (χ0) is 16.7. The highest BCUT2D eigenvalue weighted by Crippen LogP contribution is 2.35.